The minimum Gasteiger partial charge on any atom is -0.495 e. The first-order valence-electron chi connectivity index (χ1n) is 17.0. The van der Waals surface area contributed by atoms with Crippen LogP contribution in [0.1, 0.15) is 61.8 Å². The van der Waals surface area contributed by atoms with Crippen LogP contribution in [0.25, 0.3) is 22.0 Å². The number of thiophene rings is 1. The molecule has 3 aromatic carbocycles. The average molecular weight is 728 g/mol. The van der Waals surface area contributed by atoms with Crippen LogP contribution in [0.3, 0.4) is 0 Å². The molecule has 0 spiro atoms. The summed E-state index contributed by atoms with van der Waals surface area (Å²) in [5.74, 6) is 1.61. The number of ether oxygens (including phenoxy) is 4. The molecule has 272 valence electrons. The van der Waals surface area contributed by atoms with E-state index in [2.05, 4.69) is 20.6 Å². The second kappa shape index (κ2) is 15.4. The van der Waals surface area contributed by atoms with Gasteiger partial charge in [0.15, 0.2) is 11.5 Å². The normalized spacial score (nSPS) is 14.1. The number of methoxy groups -OCH3 is 2. The maximum absolute atomic E-state index is 13.7. The van der Waals surface area contributed by atoms with Gasteiger partial charge in [-0.05, 0) is 86.2 Å². The molecule has 1 fully saturated rings. The molecule has 0 bridgehead atoms. The van der Waals surface area contributed by atoms with Gasteiger partial charge in [-0.15, -0.1) is 11.3 Å². The summed E-state index contributed by atoms with van der Waals surface area (Å²) in [6.07, 6.45) is 2.29. The van der Waals surface area contributed by atoms with Crippen LogP contribution < -0.4 is 24.8 Å². The highest BCUT2D eigenvalue weighted by atomic mass is 32.1. The number of carbonyl (C=O) groups is 2. The summed E-state index contributed by atoms with van der Waals surface area (Å²) >= 11 is 1.33. The number of fused-ring (bicyclic) bond motifs is 1. The molecule has 0 radical (unpaired) electrons. The third kappa shape index (κ3) is 8.53. The molecular weight excluding hydrogens is 686 g/mol. The van der Waals surface area contributed by atoms with Crippen LogP contribution in [0.4, 0.5) is 20.7 Å². The number of halogens is 1. The Labute approximate surface area is 306 Å². The van der Waals surface area contributed by atoms with E-state index in [0.717, 1.165) is 11.1 Å². The summed E-state index contributed by atoms with van der Waals surface area (Å²) in [6.45, 7) is 8.43. The largest absolute Gasteiger partial charge is 0.495 e. The summed E-state index contributed by atoms with van der Waals surface area (Å²) in [7, 11) is 3.18. The Morgan fingerprint density at radius 1 is 0.942 bits per heavy atom. The number of amides is 2. The fraction of sp³-hybridized carbons (Fsp3) is 0.333. The van der Waals surface area contributed by atoms with E-state index in [1.165, 1.54) is 29.8 Å². The van der Waals surface area contributed by atoms with Gasteiger partial charge in [0.25, 0.3) is 5.91 Å². The van der Waals surface area contributed by atoms with Crippen molar-refractivity contribution in [1.82, 2.24) is 20.2 Å². The minimum absolute atomic E-state index is 0.134. The van der Waals surface area contributed by atoms with E-state index in [9.17, 15) is 14.0 Å². The van der Waals surface area contributed by atoms with Gasteiger partial charge in [-0.2, -0.15) is 0 Å². The van der Waals surface area contributed by atoms with Gasteiger partial charge in [-0.3, -0.25) is 4.79 Å². The number of nitrogens with zero attached hydrogens (tertiary/aromatic N) is 3. The maximum atomic E-state index is 13.7. The van der Waals surface area contributed by atoms with Crippen molar-refractivity contribution in [1.29, 1.82) is 0 Å². The van der Waals surface area contributed by atoms with Gasteiger partial charge in [0.05, 0.1) is 36.3 Å². The number of carbonyl (C=O) groups excluding carboxylic acids is 2. The number of anilines is 2. The van der Waals surface area contributed by atoms with E-state index >= 15 is 0 Å². The lowest BCUT2D eigenvalue weighted by atomic mass is 10.1. The molecule has 11 nitrogen and oxygen atoms in total. The predicted octanol–water partition coefficient (Wildman–Crippen LogP) is 8.53. The number of benzene rings is 3. The Balaban J connectivity index is 1.20. The van der Waals surface area contributed by atoms with Crippen molar-refractivity contribution < 1.29 is 32.9 Å². The van der Waals surface area contributed by atoms with Gasteiger partial charge in [0, 0.05) is 37.4 Å². The molecule has 0 aliphatic carbocycles. The van der Waals surface area contributed by atoms with Crippen molar-refractivity contribution in [3.8, 4) is 28.4 Å². The van der Waals surface area contributed by atoms with Gasteiger partial charge < -0.3 is 34.5 Å². The lowest BCUT2D eigenvalue weighted by Gasteiger charge is -2.33. The first-order valence-corrected chi connectivity index (χ1v) is 17.9. The topological polar surface area (TPSA) is 124 Å². The van der Waals surface area contributed by atoms with Gasteiger partial charge >= 0.3 is 6.09 Å². The van der Waals surface area contributed by atoms with Crippen LogP contribution in [0.2, 0.25) is 0 Å². The van der Waals surface area contributed by atoms with Crippen LogP contribution in [-0.2, 0) is 4.74 Å². The SMILES string of the molecule is COc1ccc(-c2csc(C(=O)NC(C)c3cccc(F)c3)c2)cc1Nc1ncnc2cc(OC)c(OC3CCN(C(=O)OC(C)(C)C)CC3)cc12. The van der Waals surface area contributed by atoms with Crippen molar-refractivity contribution in [3.63, 3.8) is 0 Å². The van der Waals surface area contributed by atoms with E-state index < -0.39 is 5.60 Å². The number of hydrogen-bond acceptors (Lipinski definition) is 10. The highest BCUT2D eigenvalue weighted by Crippen LogP contribution is 2.39. The molecule has 2 amide bonds. The molecule has 13 heteroatoms. The molecule has 52 heavy (non-hydrogen) atoms. The number of nitrogens with one attached hydrogen (secondary N) is 2. The number of likely N-dealkylation sites (tertiary alicyclic amines) is 1. The van der Waals surface area contributed by atoms with Crippen LogP contribution in [0, 0.1) is 5.82 Å². The van der Waals surface area contributed by atoms with E-state index in [1.807, 2.05) is 69.5 Å². The molecule has 2 aromatic heterocycles. The predicted molar refractivity (Wildman–Crippen MR) is 199 cm³/mol. The molecule has 6 rings (SSSR count). The second-order valence-electron chi connectivity index (χ2n) is 13.5. The van der Waals surface area contributed by atoms with Crippen LogP contribution in [-0.4, -0.2) is 65.9 Å². The summed E-state index contributed by atoms with van der Waals surface area (Å²) in [5, 5.41) is 9.00. The lowest BCUT2D eigenvalue weighted by Crippen LogP contribution is -2.44. The minimum atomic E-state index is -0.556. The van der Waals surface area contributed by atoms with Crippen molar-refractivity contribution >= 4 is 45.7 Å². The van der Waals surface area contributed by atoms with E-state index in [0.29, 0.717) is 76.0 Å². The van der Waals surface area contributed by atoms with Gasteiger partial charge in [-0.1, -0.05) is 18.2 Å². The Morgan fingerprint density at radius 3 is 2.42 bits per heavy atom. The van der Waals surface area contributed by atoms with Crippen LogP contribution >= 0.6 is 11.3 Å². The quantitative estimate of drug-likeness (QED) is 0.146. The number of piperidine rings is 1. The Bertz CT molecular complexity index is 2070. The molecule has 1 unspecified atom stereocenters. The van der Waals surface area contributed by atoms with Gasteiger partial charge in [0.1, 0.15) is 35.4 Å². The van der Waals surface area contributed by atoms with Crippen molar-refractivity contribution in [2.45, 2.75) is 58.3 Å². The Kier molecular flexibility index (Phi) is 10.8. The third-order valence-electron chi connectivity index (χ3n) is 8.61. The number of rotatable bonds is 10. The zero-order chi connectivity index (χ0) is 37.0. The van der Waals surface area contributed by atoms with E-state index in [1.54, 1.807) is 31.3 Å². The number of aromatic nitrogens is 2. The second-order valence-corrected chi connectivity index (χ2v) is 14.4. The van der Waals surface area contributed by atoms with Crippen molar-refractivity contribution in [2.75, 3.05) is 32.6 Å². The lowest BCUT2D eigenvalue weighted by molar-refractivity contribution is 0.0124. The van der Waals surface area contributed by atoms with Gasteiger partial charge in [-0.25, -0.2) is 19.2 Å². The molecule has 1 aliphatic heterocycles. The molecule has 1 aliphatic rings. The molecule has 3 heterocycles. The van der Waals surface area contributed by atoms with Crippen LogP contribution in [0.15, 0.2) is 72.4 Å². The molecule has 0 saturated carbocycles. The molecular formula is C39H42FN5O6S. The summed E-state index contributed by atoms with van der Waals surface area (Å²) in [5.41, 5.74) is 3.15. The van der Waals surface area contributed by atoms with Gasteiger partial charge in [0.2, 0.25) is 0 Å². The molecule has 2 N–H and O–H groups in total. The van der Waals surface area contributed by atoms with E-state index in [4.69, 9.17) is 18.9 Å². The molecule has 5 aromatic rings. The first kappa shape index (κ1) is 36.4. The average Bonchev–Trinajstić information content (AvgIpc) is 3.62. The highest BCUT2D eigenvalue weighted by molar-refractivity contribution is 7.12. The summed E-state index contributed by atoms with van der Waals surface area (Å²) in [4.78, 5) is 36.9. The fourth-order valence-electron chi connectivity index (χ4n) is 5.92. The van der Waals surface area contributed by atoms with Crippen molar-refractivity contribution in [3.05, 3.63) is 88.6 Å². The monoisotopic (exact) mass is 727 g/mol. The fourth-order valence-corrected chi connectivity index (χ4v) is 6.74. The summed E-state index contributed by atoms with van der Waals surface area (Å²) in [6, 6.07) is 17.1. The van der Waals surface area contributed by atoms with Crippen molar-refractivity contribution in [2.24, 2.45) is 0 Å². The zero-order valence-electron chi connectivity index (χ0n) is 30.0. The smallest absolute Gasteiger partial charge is 0.410 e. The summed E-state index contributed by atoms with van der Waals surface area (Å²) < 4.78 is 37.1. The molecule has 1 saturated heterocycles. The maximum Gasteiger partial charge on any atom is 0.410 e. The number of hydrogen-bond donors (Lipinski definition) is 2. The highest BCUT2D eigenvalue weighted by Gasteiger charge is 2.28. The molecule has 1 atom stereocenters. The zero-order valence-corrected chi connectivity index (χ0v) is 30.8. The Hall–Kier alpha value is -5.43. The first-order chi connectivity index (χ1) is 24.9. The third-order valence-corrected chi connectivity index (χ3v) is 9.54. The van der Waals surface area contributed by atoms with Crippen LogP contribution in [0.5, 0.6) is 17.2 Å². The van der Waals surface area contributed by atoms with E-state index in [-0.39, 0.29) is 30.0 Å². The standard InChI is InChI=1S/C39H42FN5O6S/c1-23(24-8-7-9-27(40)16-24)43-37(46)35-18-26(21-52-35)25-10-11-32(48-5)31(17-25)44-36-29-19-34(33(49-6)20-30(29)41-22-42-36)50-28-12-14-45(15-13-28)38(47)51-39(2,3)4/h7-11,16-23,28H,12-15H2,1-6H3,(H,43,46)(H,41,42,44). The Morgan fingerprint density at radius 2 is 1.71 bits per heavy atom.